The number of hydrogen-bond donors (Lipinski definition) is 2. The Labute approximate surface area is 158 Å². The van der Waals surface area contributed by atoms with Crippen molar-refractivity contribution >= 4 is 37.6 Å². The molecule has 0 spiro atoms. The quantitative estimate of drug-likeness (QED) is 0.613. The molecule has 6 nitrogen and oxygen atoms in total. The van der Waals surface area contributed by atoms with Crippen molar-refractivity contribution in [3.8, 4) is 11.3 Å². The van der Waals surface area contributed by atoms with Crippen molar-refractivity contribution in [2.75, 3.05) is 4.72 Å². The van der Waals surface area contributed by atoms with E-state index in [-0.39, 0.29) is 16.4 Å². The summed E-state index contributed by atoms with van der Waals surface area (Å²) in [4.78, 5) is 11.1. The minimum atomic E-state index is -3.82. The number of carbonyl (C=O) groups is 1. The Morgan fingerprint density at radius 2 is 1.77 bits per heavy atom. The molecule has 0 fully saturated rings. The summed E-state index contributed by atoms with van der Waals surface area (Å²) in [6.45, 7) is 1.83. The van der Waals surface area contributed by atoms with Crippen molar-refractivity contribution in [2.24, 2.45) is 0 Å². The Kier molecular flexibility index (Phi) is 4.88. The van der Waals surface area contributed by atoms with Crippen LogP contribution in [0.15, 0.2) is 68.4 Å². The minimum absolute atomic E-state index is 0.110. The van der Waals surface area contributed by atoms with Crippen LogP contribution < -0.4 is 4.72 Å². The zero-order valence-corrected chi connectivity index (χ0v) is 16.0. The first kappa shape index (κ1) is 18.2. The standard InChI is InChI=1S/C18H14BrNO5S/c1-11-2-7-14(16-8-9-17(25-16)18(21)22)15(10-11)20-26(23,24)13-5-3-12(19)4-6-13/h2-10,20H,1H3,(H,21,22). The van der Waals surface area contributed by atoms with Crippen LogP contribution in [0.3, 0.4) is 0 Å². The number of halogens is 1. The average molecular weight is 436 g/mol. The topological polar surface area (TPSA) is 96.6 Å². The first-order chi connectivity index (χ1) is 12.3. The molecule has 8 heteroatoms. The molecule has 0 saturated heterocycles. The van der Waals surface area contributed by atoms with Crippen molar-refractivity contribution in [3.05, 3.63) is 70.4 Å². The van der Waals surface area contributed by atoms with Gasteiger partial charge >= 0.3 is 5.97 Å². The van der Waals surface area contributed by atoms with Gasteiger partial charge in [-0.25, -0.2) is 13.2 Å². The van der Waals surface area contributed by atoms with Crippen molar-refractivity contribution in [3.63, 3.8) is 0 Å². The molecule has 2 aromatic carbocycles. The molecule has 0 radical (unpaired) electrons. The van der Waals surface area contributed by atoms with Crippen LogP contribution in [-0.4, -0.2) is 19.5 Å². The van der Waals surface area contributed by atoms with Gasteiger partial charge in [-0.15, -0.1) is 0 Å². The van der Waals surface area contributed by atoms with E-state index in [1.165, 1.54) is 24.3 Å². The zero-order valence-electron chi connectivity index (χ0n) is 13.6. The van der Waals surface area contributed by atoms with E-state index in [1.54, 1.807) is 30.3 Å². The largest absolute Gasteiger partial charge is 0.475 e. The van der Waals surface area contributed by atoms with E-state index >= 15 is 0 Å². The number of carboxylic acid groups (broad SMARTS) is 1. The summed E-state index contributed by atoms with van der Waals surface area (Å²) in [5, 5.41) is 9.01. The van der Waals surface area contributed by atoms with Crippen LogP contribution in [-0.2, 0) is 10.0 Å². The van der Waals surface area contributed by atoms with Crippen LogP contribution in [0.4, 0.5) is 5.69 Å². The van der Waals surface area contributed by atoms with Gasteiger partial charge < -0.3 is 9.52 Å². The van der Waals surface area contributed by atoms with Crippen molar-refractivity contribution < 1.29 is 22.7 Å². The van der Waals surface area contributed by atoms with E-state index in [0.717, 1.165) is 10.0 Å². The Balaban J connectivity index is 2.03. The number of furan rings is 1. The summed E-state index contributed by atoms with van der Waals surface area (Å²) < 4.78 is 34.0. The number of carboxylic acids is 1. The Morgan fingerprint density at radius 3 is 2.38 bits per heavy atom. The lowest BCUT2D eigenvalue weighted by Crippen LogP contribution is -2.13. The van der Waals surface area contributed by atoms with E-state index < -0.39 is 16.0 Å². The van der Waals surface area contributed by atoms with Crippen LogP contribution in [0.2, 0.25) is 0 Å². The molecule has 0 saturated carbocycles. The Bertz CT molecular complexity index is 1070. The molecule has 0 aliphatic rings. The molecule has 0 aliphatic carbocycles. The zero-order chi connectivity index (χ0) is 18.9. The van der Waals surface area contributed by atoms with Gasteiger partial charge in [-0.2, -0.15) is 0 Å². The number of rotatable bonds is 5. The highest BCUT2D eigenvalue weighted by Gasteiger charge is 2.19. The third-order valence-corrected chi connectivity index (χ3v) is 5.54. The highest BCUT2D eigenvalue weighted by molar-refractivity contribution is 9.10. The molecule has 26 heavy (non-hydrogen) atoms. The summed E-state index contributed by atoms with van der Waals surface area (Å²) in [6, 6.07) is 14.2. The molecule has 1 aromatic heterocycles. The van der Waals surface area contributed by atoms with Gasteiger partial charge in [-0.1, -0.05) is 22.0 Å². The maximum absolute atomic E-state index is 12.7. The average Bonchev–Trinajstić information content (AvgIpc) is 3.05. The van der Waals surface area contributed by atoms with E-state index in [1.807, 2.05) is 6.92 Å². The second-order valence-electron chi connectivity index (χ2n) is 5.58. The highest BCUT2D eigenvalue weighted by atomic mass is 79.9. The number of nitrogens with one attached hydrogen (secondary N) is 1. The molecular weight excluding hydrogens is 422 g/mol. The SMILES string of the molecule is Cc1ccc(-c2ccc(C(=O)O)o2)c(NS(=O)(=O)c2ccc(Br)cc2)c1. The Morgan fingerprint density at radius 1 is 1.08 bits per heavy atom. The number of hydrogen-bond acceptors (Lipinski definition) is 4. The van der Waals surface area contributed by atoms with Gasteiger partial charge in [-0.3, -0.25) is 4.72 Å². The molecule has 0 bridgehead atoms. The molecule has 1 heterocycles. The van der Waals surface area contributed by atoms with Gasteiger partial charge in [0.1, 0.15) is 5.76 Å². The summed E-state index contributed by atoms with van der Waals surface area (Å²) in [6.07, 6.45) is 0. The lowest BCUT2D eigenvalue weighted by molar-refractivity contribution is 0.0663. The number of benzene rings is 2. The van der Waals surface area contributed by atoms with Crippen LogP contribution in [0.5, 0.6) is 0 Å². The maximum Gasteiger partial charge on any atom is 0.371 e. The highest BCUT2D eigenvalue weighted by Crippen LogP contribution is 2.32. The third kappa shape index (κ3) is 3.81. The van der Waals surface area contributed by atoms with Crippen molar-refractivity contribution in [2.45, 2.75) is 11.8 Å². The van der Waals surface area contributed by atoms with Crippen molar-refractivity contribution in [1.82, 2.24) is 0 Å². The maximum atomic E-state index is 12.7. The first-order valence-corrected chi connectivity index (χ1v) is 9.76. The molecule has 3 rings (SSSR count). The predicted molar refractivity (Wildman–Crippen MR) is 101 cm³/mol. The lowest BCUT2D eigenvalue weighted by Gasteiger charge is -2.12. The second-order valence-corrected chi connectivity index (χ2v) is 8.18. The third-order valence-electron chi connectivity index (χ3n) is 3.63. The monoisotopic (exact) mass is 435 g/mol. The van der Waals surface area contributed by atoms with Crippen molar-refractivity contribution in [1.29, 1.82) is 0 Å². The first-order valence-electron chi connectivity index (χ1n) is 7.49. The summed E-state index contributed by atoms with van der Waals surface area (Å²) in [7, 11) is -3.82. The molecule has 0 aliphatic heterocycles. The van der Waals surface area contributed by atoms with Gasteiger partial charge in [0.05, 0.1) is 10.6 Å². The second kappa shape index (κ2) is 6.97. The van der Waals surface area contributed by atoms with Gasteiger partial charge in [0, 0.05) is 10.0 Å². The summed E-state index contributed by atoms with van der Waals surface area (Å²) in [5.41, 5.74) is 1.59. The van der Waals surface area contributed by atoms with Crippen LogP contribution in [0.1, 0.15) is 16.1 Å². The number of sulfonamides is 1. The normalized spacial score (nSPS) is 11.3. The van der Waals surface area contributed by atoms with Gasteiger partial charge in [0.15, 0.2) is 0 Å². The van der Waals surface area contributed by atoms with Gasteiger partial charge in [0.2, 0.25) is 5.76 Å². The lowest BCUT2D eigenvalue weighted by atomic mass is 10.1. The van der Waals surface area contributed by atoms with E-state index in [0.29, 0.717) is 11.3 Å². The van der Waals surface area contributed by atoms with E-state index in [2.05, 4.69) is 20.7 Å². The summed E-state index contributed by atoms with van der Waals surface area (Å²) >= 11 is 3.27. The fourth-order valence-corrected chi connectivity index (χ4v) is 3.71. The molecule has 0 amide bonds. The fourth-order valence-electron chi connectivity index (χ4n) is 2.37. The van der Waals surface area contributed by atoms with E-state index in [4.69, 9.17) is 9.52 Å². The van der Waals surface area contributed by atoms with Gasteiger partial charge in [-0.05, 0) is 61.0 Å². The molecule has 2 N–H and O–H groups in total. The molecular formula is C18H14BrNO5S. The number of aromatic carboxylic acids is 1. The minimum Gasteiger partial charge on any atom is -0.475 e. The fraction of sp³-hybridized carbons (Fsp3) is 0.0556. The molecule has 0 unspecified atom stereocenters. The molecule has 0 atom stereocenters. The van der Waals surface area contributed by atoms with Crippen LogP contribution in [0.25, 0.3) is 11.3 Å². The molecule has 3 aromatic rings. The molecule has 134 valence electrons. The predicted octanol–water partition coefficient (Wildman–Crippen LogP) is 4.52. The number of anilines is 1. The van der Waals surface area contributed by atoms with Crippen LogP contribution >= 0.6 is 15.9 Å². The number of aryl methyl sites for hydroxylation is 1. The Hall–Kier alpha value is -2.58. The van der Waals surface area contributed by atoms with Crippen LogP contribution in [0, 0.1) is 6.92 Å². The van der Waals surface area contributed by atoms with Gasteiger partial charge in [0.25, 0.3) is 10.0 Å². The summed E-state index contributed by atoms with van der Waals surface area (Å²) in [5.74, 6) is -1.15. The smallest absolute Gasteiger partial charge is 0.371 e. The van der Waals surface area contributed by atoms with E-state index in [9.17, 15) is 13.2 Å².